The van der Waals surface area contributed by atoms with Gasteiger partial charge in [0.15, 0.2) is 0 Å². The van der Waals surface area contributed by atoms with Crippen molar-refractivity contribution in [3.8, 4) is 11.1 Å². The number of rotatable bonds is 6. The minimum absolute atomic E-state index is 0. The van der Waals surface area contributed by atoms with E-state index in [0.717, 1.165) is 29.2 Å². The van der Waals surface area contributed by atoms with Crippen molar-refractivity contribution < 1.29 is 9.53 Å². The van der Waals surface area contributed by atoms with E-state index in [1.807, 2.05) is 24.3 Å². The van der Waals surface area contributed by atoms with E-state index in [0.29, 0.717) is 5.56 Å². The molecule has 2 aromatic carbocycles. The summed E-state index contributed by atoms with van der Waals surface area (Å²) in [6.45, 7) is 5.35. The predicted molar refractivity (Wildman–Crippen MR) is 118 cm³/mol. The molecule has 1 saturated carbocycles. The van der Waals surface area contributed by atoms with Gasteiger partial charge < -0.3 is 10.1 Å². The Labute approximate surface area is 175 Å². The lowest BCUT2D eigenvalue weighted by Gasteiger charge is -2.24. The molecule has 152 valence electrons. The standard InChI is InChI=1S/C24H31NO2.ClH/c1-17-9-7-8-12-21(17)23-15-20(13-14-22(23)24(26)27-3)18(2)25-16-19-10-5-4-6-11-19;/h7-9,12-15,18-19,25H,4-6,10-11,16H2,1-3H3;1H. The molecular formula is C24H32ClNO2. The number of hydrogen-bond donors (Lipinski definition) is 1. The molecule has 2 aromatic rings. The Morgan fingerprint density at radius 3 is 2.50 bits per heavy atom. The Morgan fingerprint density at radius 2 is 1.82 bits per heavy atom. The highest BCUT2D eigenvalue weighted by atomic mass is 35.5. The molecular weight excluding hydrogens is 370 g/mol. The molecule has 0 aromatic heterocycles. The van der Waals surface area contributed by atoms with Gasteiger partial charge in [-0.05, 0) is 73.5 Å². The summed E-state index contributed by atoms with van der Waals surface area (Å²) in [4.78, 5) is 12.3. The number of halogens is 1. The maximum atomic E-state index is 12.3. The first-order valence-corrected chi connectivity index (χ1v) is 10.1. The van der Waals surface area contributed by atoms with Gasteiger partial charge >= 0.3 is 5.97 Å². The Kier molecular flexibility index (Phi) is 8.53. The summed E-state index contributed by atoms with van der Waals surface area (Å²) in [7, 11) is 1.44. The quantitative estimate of drug-likeness (QED) is 0.594. The fraction of sp³-hybridized carbons (Fsp3) is 0.458. The van der Waals surface area contributed by atoms with Gasteiger partial charge in [-0.3, -0.25) is 0 Å². The zero-order chi connectivity index (χ0) is 19.2. The normalized spacial score (nSPS) is 15.5. The first-order valence-electron chi connectivity index (χ1n) is 10.1. The van der Waals surface area contributed by atoms with Gasteiger partial charge in [0.05, 0.1) is 12.7 Å². The van der Waals surface area contributed by atoms with Crippen LogP contribution in [0.3, 0.4) is 0 Å². The van der Waals surface area contributed by atoms with Gasteiger partial charge in [-0.1, -0.05) is 49.6 Å². The van der Waals surface area contributed by atoms with Crippen molar-refractivity contribution in [1.29, 1.82) is 0 Å². The second-order valence-electron chi connectivity index (χ2n) is 7.75. The van der Waals surface area contributed by atoms with Gasteiger partial charge in [-0.2, -0.15) is 0 Å². The molecule has 0 aliphatic heterocycles. The number of hydrogen-bond acceptors (Lipinski definition) is 3. The molecule has 1 aliphatic carbocycles. The molecule has 0 saturated heterocycles. The van der Waals surface area contributed by atoms with Crippen LogP contribution in [-0.4, -0.2) is 19.6 Å². The van der Waals surface area contributed by atoms with Crippen LogP contribution < -0.4 is 5.32 Å². The molecule has 1 atom stereocenters. The van der Waals surface area contributed by atoms with Crippen molar-refractivity contribution in [2.45, 2.75) is 52.0 Å². The summed E-state index contributed by atoms with van der Waals surface area (Å²) >= 11 is 0. The Morgan fingerprint density at radius 1 is 1.11 bits per heavy atom. The average molecular weight is 402 g/mol. The maximum Gasteiger partial charge on any atom is 0.338 e. The van der Waals surface area contributed by atoms with Crippen LogP contribution >= 0.6 is 12.4 Å². The summed E-state index contributed by atoms with van der Waals surface area (Å²) in [5.74, 6) is 0.508. The van der Waals surface area contributed by atoms with Gasteiger partial charge in [0.2, 0.25) is 0 Å². The number of nitrogens with one attached hydrogen (secondary N) is 1. The number of aryl methyl sites for hydroxylation is 1. The lowest BCUT2D eigenvalue weighted by atomic mass is 9.89. The first-order chi connectivity index (χ1) is 13.1. The van der Waals surface area contributed by atoms with E-state index in [9.17, 15) is 4.79 Å². The summed E-state index contributed by atoms with van der Waals surface area (Å²) in [5, 5.41) is 3.71. The number of benzene rings is 2. The van der Waals surface area contributed by atoms with E-state index in [1.165, 1.54) is 44.8 Å². The number of ether oxygens (including phenoxy) is 1. The fourth-order valence-electron chi connectivity index (χ4n) is 4.07. The van der Waals surface area contributed by atoms with Crippen molar-refractivity contribution in [3.63, 3.8) is 0 Å². The van der Waals surface area contributed by atoms with E-state index in [2.05, 4.69) is 37.4 Å². The minimum atomic E-state index is -0.289. The highest BCUT2D eigenvalue weighted by Gasteiger charge is 2.18. The molecule has 3 nitrogen and oxygen atoms in total. The van der Waals surface area contributed by atoms with Crippen LogP contribution in [0.5, 0.6) is 0 Å². The van der Waals surface area contributed by atoms with E-state index < -0.39 is 0 Å². The highest BCUT2D eigenvalue weighted by Crippen LogP contribution is 2.31. The lowest BCUT2D eigenvalue weighted by Crippen LogP contribution is -2.27. The van der Waals surface area contributed by atoms with E-state index in [1.54, 1.807) is 0 Å². The van der Waals surface area contributed by atoms with Crippen molar-refractivity contribution in [2.24, 2.45) is 5.92 Å². The summed E-state index contributed by atoms with van der Waals surface area (Å²) in [5.41, 5.74) is 5.01. The molecule has 28 heavy (non-hydrogen) atoms. The van der Waals surface area contributed by atoms with Crippen LogP contribution in [0.1, 0.15) is 66.6 Å². The third-order valence-corrected chi connectivity index (χ3v) is 5.82. The summed E-state index contributed by atoms with van der Waals surface area (Å²) in [6, 6.07) is 14.5. The van der Waals surface area contributed by atoms with Gasteiger partial charge in [0.1, 0.15) is 0 Å². The molecule has 0 amide bonds. The van der Waals surface area contributed by atoms with Crippen LogP contribution in [-0.2, 0) is 4.74 Å². The monoisotopic (exact) mass is 401 g/mol. The second kappa shape index (κ2) is 10.6. The average Bonchev–Trinajstić information content (AvgIpc) is 2.72. The van der Waals surface area contributed by atoms with Crippen molar-refractivity contribution in [2.75, 3.05) is 13.7 Å². The van der Waals surface area contributed by atoms with Crippen LogP contribution in [0, 0.1) is 12.8 Å². The summed E-state index contributed by atoms with van der Waals surface area (Å²) < 4.78 is 5.01. The molecule has 0 bridgehead atoms. The number of carbonyl (C=O) groups excluding carboxylic acids is 1. The van der Waals surface area contributed by atoms with Crippen LogP contribution in [0.25, 0.3) is 11.1 Å². The summed E-state index contributed by atoms with van der Waals surface area (Å²) in [6.07, 6.45) is 6.81. The molecule has 4 heteroatoms. The zero-order valence-corrected chi connectivity index (χ0v) is 18.0. The molecule has 1 fully saturated rings. The number of esters is 1. The first kappa shape index (κ1) is 22.4. The largest absolute Gasteiger partial charge is 0.465 e. The fourth-order valence-corrected chi connectivity index (χ4v) is 4.07. The molecule has 1 unspecified atom stereocenters. The molecule has 1 N–H and O–H groups in total. The van der Waals surface area contributed by atoms with E-state index >= 15 is 0 Å². The highest BCUT2D eigenvalue weighted by molar-refractivity contribution is 5.97. The molecule has 0 heterocycles. The van der Waals surface area contributed by atoms with Crippen LogP contribution in [0.4, 0.5) is 0 Å². The number of methoxy groups -OCH3 is 1. The van der Waals surface area contributed by atoms with Crippen molar-refractivity contribution in [1.82, 2.24) is 5.32 Å². The number of carbonyl (C=O) groups is 1. The van der Waals surface area contributed by atoms with Crippen LogP contribution in [0.15, 0.2) is 42.5 Å². The molecule has 1 aliphatic rings. The minimum Gasteiger partial charge on any atom is -0.465 e. The van der Waals surface area contributed by atoms with Gasteiger partial charge in [0.25, 0.3) is 0 Å². The Bertz CT molecular complexity index is 784. The predicted octanol–water partition coefficient (Wildman–Crippen LogP) is 6.10. The smallest absolute Gasteiger partial charge is 0.338 e. The molecule has 0 spiro atoms. The van der Waals surface area contributed by atoms with E-state index in [-0.39, 0.29) is 24.4 Å². The van der Waals surface area contributed by atoms with Gasteiger partial charge in [-0.15, -0.1) is 12.4 Å². The third kappa shape index (κ3) is 5.36. The molecule has 3 rings (SSSR count). The maximum absolute atomic E-state index is 12.3. The van der Waals surface area contributed by atoms with E-state index in [4.69, 9.17) is 4.74 Å². The SMILES string of the molecule is COC(=O)c1ccc(C(C)NCC2CCCCC2)cc1-c1ccccc1C.Cl. The van der Waals surface area contributed by atoms with Crippen molar-refractivity contribution in [3.05, 3.63) is 59.2 Å². The van der Waals surface area contributed by atoms with Gasteiger partial charge in [-0.25, -0.2) is 4.79 Å². The Balaban J connectivity index is 0.00000280. The third-order valence-electron chi connectivity index (χ3n) is 5.82. The van der Waals surface area contributed by atoms with Crippen molar-refractivity contribution >= 4 is 18.4 Å². The zero-order valence-electron chi connectivity index (χ0n) is 17.2. The topological polar surface area (TPSA) is 38.3 Å². The second-order valence-corrected chi connectivity index (χ2v) is 7.75. The van der Waals surface area contributed by atoms with Gasteiger partial charge in [0, 0.05) is 6.04 Å². The molecule has 0 radical (unpaired) electrons. The van der Waals surface area contributed by atoms with Crippen LogP contribution in [0.2, 0.25) is 0 Å². The Hall–Kier alpha value is -1.84. The lowest BCUT2D eigenvalue weighted by molar-refractivity contribution is 0.0601.